The quantitative estimate of drug-likeness (QED) is 0.907. The van der Waals surface area contributed by atoms with Crippen molar-refractivity contribution < 1.29 is 4.79 Å². The smallest absolute Gasteiger partial charge is 0.242 e. The van der Waals surface area contributed by atoms with E-state index in [1.807, 2.05) is 30.3 Å². The van der Waals surface area contributed by atoms with Gasteiger partial charge in [-0.1, -0.05) is 44.2 Å². The summed E-state index contributed by atoms with van der Waals surface area (Å²) < 4.78 is 2.21. The molecule has 2 aliphatic rings. The summed E-state index contributed by atoms with van der Waals surface area (Å²) in [5, 5.41) is 11.9. The zero-order valence-electron chi connectivity index (χ0n) is 14.9. The molecule has 6 nitrogen and oxygen atoms in total. The van der Waals surface area contributed by atoms with Gasteiger partial charge in [-0.05, 0) is 18.4 Å². The van der Waals surface area contributed by atoms with Gasteiger partial charge in [0.05, 0.1) is 6.54 Å². The van der Waals surface area contributed by atoms with Crippen molar-refractivity contribution in [3.05, 3.63) is 47.5 Å². The molecule has 132 valence electrons. The molecular formula is C19H25N5O. The first kappa shape index (κ1) is 16.3. The van der Waals surface area contributed by atoms with Gasteiger partial charge in [-0.25, -0.2) is 0 Å². The molecule has 0 unspecified atom stereocenters. The average molecular weight is 339 g/mol. The van der Waals surface area contributed by atoms with Gasteiger partial charge in [-0.2, -0.15) is 0 Å². The Kier molecular flexibility index (Phi) is 4.29. The van der Waals surface area contributed by atoms with E-state index in [0.717, 1.165) is 43.1 Å². The molecule has 1 aliphatic carbocycles. The molecule has 0 spiro atoms. The second kappa shape index (κ2) is 6.59. The van der Waals surface area contributed by atoms with Crippen molar-refractivity contribution in [2.75, 3.05) is 6.54 Å². The molecule has 1 aromatic heterocycles. The Morgan fingerprint density at radius 1 is 1.16 bits per heavy atom. The molecule has 1 aliphatic heterocycles. The number of nitrogens with one attached hydrogen (secondary N) is 1. The standard InChI is InChI=1S/C19H25N5O/c1-13(2)18-22-21-16-12-23(10-11-24(16)18)17(14-6-4-3-5-7-14)19(25)20-15-8-9-15/h3-7,13,15,17H,8-12H2,1-2H3,(H,20,25)/t17-/m0/s1. The summed E-state index contributed by atoms with van der Waals surface area (Å²) in [4.78, 5) is 15.1. The Balaban J connectivity index is 1.60. The highest BCUT2D eigenvalue weighted by atomic mass is 16.2. The van der Waals surface area contributed by atoms with E-state index in [2.05, 4.69) is 38.8 Å². The monoisotopic (exact) mass is 339 g/mol. The van der Waals surface area contributed by atoms with Crippen molar-refractivity contribution in [1.29, 1.82) is 0 Å². The highest BCUT2D eigenvalue weighted by Gasteiger charge is 2.34. The van der Waals surface area contributed by atoms with Gasteiger partial charge in [0.15, 0.2) is 0 Å². The Bertz CT molecular complexity index is 750. The highest BCUT2D eigenvalue weighted by Crippen LogP contribution is 2.28. The van der Waals surface area contributed by atoms with Crippen molar-refractivity contribution in [1.82, 2.24) is 25.0 Å². The molecule has 25 heavy (non-hydrogen) atoms. The normalized spacial score (nSPS) is 18.8. The van der Waals surface area contributed by atoms with Crippen LogP contribution in [0.3, 0.4) is 0 Å². The van der Waals surface area contributed by atoms with Crippen molar-refractivity contribution in [3.63, 3.8) is 0 Å². The largest absolute Gasteiger partial charge is 0.352 e. The van der Waals surface area contributed by atoms with Gasteiger partial charge >= 0.3 is 0 Å². The third kappa shape index (κ3) is 3.31. The van der Waals surface area contributed by atoms with Gasteiger partial charge in [-0.3, -0.25) is 9.69 Å². The van der Waals surface area contributed by atoms with Crippen LogP contribution in [0, 0.1) is 0 Å². The van der Waals surface area contributed by atoms with Crippen LogP contribution in [0.4, 0.5) is 0 Å². The summed E-state index contributed by atoms with van der Waals surface area (Å²) >= 11 is 0. The fraction of sp³-hybridized carbons (Fsp3) is 0.526. The third-order valence-corrected chi connectivity index (χ3v) is 4.98. The fourth-order valence-electron chi connectivity index (χ4n) is 3.52. The topological polar surface area (TPSA) is 63.1 Å². The Morgan fingerprint density at radius 3 is 2.60 bits per heavy atom. The minimum Gasteiger partial charge on any atom is -0.352 e. The molecule has 0 bridgehead atoms. The van der Waals surface area contributed by atoms with E-state index in [1.165, 1.54) is 0 Å². The van der Waals surface area contributed by atoms with E-state index in [4.69, 9.17) is 0 Å². The summed E-state index contributed by atoms with van der Waals surface area (Å²) in [7, 11) is 0. The highest BCUT2D eigenvalue weighted by molar-refractivity contribution is 5.83. The van der Waals surface area contributed by atoms with Crippen LogP contribution in [0.1, 0.15) is 55.9 Å². The molecule has 1 atom stereocenters. The number of hydrogen-bond acceptors (Lipinski definition) is 4. The number of amides is 1. The van der Waals surface area contributed by atoms with Gasteiger partial charge < -0.3 is 9.88 Å². The molecule has 4 rings (SSSR count). The molecule has 0 radical (unpaired) electrons. The van der Waals surface area contributed by atoms with E-state index in [1.54, 1.807) is 0 Å². The second-order valence-electron chi connectivity index (χ2n) is 7.35. The Morgan fingerprint density at radius 2 is 1.92 bits per heavy atom. The maximum Gasteiger partial charge on any atom is 0.242 e. The van der Waals surface area contributed by atoms with Crippen LogP contribution in [0.25, 0.3) is 0 Å². The predicted octanol–water partition coefficient (Wildman–Crippen LogP) is 2.24. The fourth-order valence-corrected chi connectivity index (χ4v) is 3.52. The summed E-state index contributed by atoms with van der Waals surface area (Å²) in [5.41, 5.74) is 1.04. The van der Waals surface area contributed by atoms with E-state index in [9.17, 15) is 4.79 Å². The average Bonchev–Trinajstić information content (AvgIpc) is 3.31. The summed E-state index contributed by atoms with van der Waals surface area (Å²) in [6.45, 7) is 6.58. The summed E-state index contributed by atoms with van der Waals surface area (Å²) in [6.07, 6.45) is 2.19. The number of fused-ring (bicyclic) bond motifs is 1. The lowest BCUT2D eigenvalue weighted by Gasteiger charge is -2.34. The van der Waals surface area contributed by atoms with E-state index in [-0.39, 0.29) is 11.9 Å². The van der Waals surface area contributed by atoms with E-state index in [0.29, 0.717) is 18.5 Å². The van der Waals surface area contributed by atoms with Crippen LogP contribution in [-0.4, -0.2) is 38.2 Å². The number of hydrogen-bond donors (Lipinski definition) is 1. The van der Waals surface area contributed by atoms with E-state index >= 15 is 0 Å². The molecule has 1 fully saturated rings. The molecule has 1 N–H and O–H groups in total. The van der Waals surface area contributed by atoms with Gasteiger partial charge in [0.1, 0.15) is 17.7 Å². The minimum atomic E-state index is -0.269. The first-order valence-electron chi connectivity index (χ1n) is 9.15. The number of benzene rings is 1. The lowest BCUT2D eigenvalue weighted by atomic mass is 10.0. The van der Waals surface area contributed by atoms with Crippen LogP contribution in [-0.2, 0) is 17.9 Å². The molecule has 1 aromatic carbocycles. The molecule has 0 saturated heterocycles. The SMILES string of the molecule is CC(C)c1nnc2n1CCN([C@H](C(=O)NC1CC1)c1ccccc1)C2. The van der Waals surface area contributed by atoms with Gasteiger partial charge in [0.2, 0.25) is 5.91 Å². The Labute approximate surface area is 148 Å². The maximum absolute atomic E-state index is 12.9. The molecular weight excluding hydrogens is 314 g/mol. The van der Waals surface area contributed by atoms with Crippen molar-refractivity contribution >= 4 is 5.91 Å². The molecule has 6 heteroatoms. The van der Waals surface area contributed by atoms with Gasteiger partial charge in [0, 0.05) is 25.0 Å². The van der Waals surface area contributed by atoms with Crippen LogP contribution in [0.5, 0.6) is 0 Å². The number of rotatable bonds is 5. The van der Waals surface area contributed by atoms with Gasteiger partial charge in [0.25, 0.3) is 0 Å². The van der Waals surface area contributed by atoms with Crippen molar-refractivity contribution in [3.8, 4) is 0 Å². The van der Waals surface area contributed by atoms with E-state index < -0.39 is 0 Å². The number of carbonyl (C=O) groups is 1. The number of aromatic nitrogens is 3. The first-order valence-corrected chi connectivity index (χ1v) is 9.15. The van der Waals surface area contributed by atoms with Crippen LogP contribution in [0.2, 0.25) is 0 Å². The molecule has 2 aromatic rings. The Hall–Kier alpha value is -2.21. The van der Waals surface area contributed by atoms with Crippen LogP contribution >= 0.6 is 0 Å². The lowest BCUT2D eigenvalue weighted by molar-refractivity contribution is -0.127. The number of carbonyl (C=O) groups excluding carboxylic acids is 1. The van der Waals surface area contributed by atoms with Gasteiger partial charge in [-0.15, -0.1) is 10.2 Å². The lowest BCUT2D eigenvalue weighted by Crippen LogP contribution is -2.44. The zero-order valence-corrected chi connectivity index (χ0v) is 14.9. The maximum atomic E-state index is 12.9. The summed E-state index contributed by atoms with van der Waals surface area (Å²) in [6, 6.07) is 10.1. The van der Waals surface area contributed by atoms with Crippen molar-refractivity contribution in [2.24, 2.45) is 0 Å². The predicted molar refractivity (Wildman–Crippen MR) is 94.9 cm³/mol. The molecule has 1 saturated carbocycles. The summed E-state index contributed by atoms with van der Waals surface area (Å²) in [5.74, 6) is 2.45. The number of nitrogens with zero attached hydrogens (tertiary/aromatic N) is 4. The third-order valence-electron chi connectivity index (χ3n) is 4.98. The minimum absolute atomic E-state index is 0.103. The molecule has 2 heterocycles. The van der Waals surface area contributed by atoms with Crippen LogP contribution < -0.4 is 5.32 Å². The first-order chi connectivity index (χ1) is 12.1. The van der Waals surface area contributed by atoms with Crippen molar-refractivity contribution in [2.45, 2.75) is 57.8 Å². The van der Waals surface area contributed by atoms with Crippen LogP contribution in [0.15, 0.2) is 30.3 Å². The second-order valence-corrected chi connectivity index (χ2v) is 7.35. The zero-order chi connectivity index (χ0) is 17.4. The molecule has 1 amide bonds.